The number of aliphatic hydroxyl groups is 1. The van der Waals surface area contributed by atoms with Crippen molar-refractivity contribution in [1.29, 1.82) is 0 Å². The van der Waals surface area contributed by atoms with Gasteiger partial charge in [0.25, 0.3) is 0 Å². The highest BCUT2D eigenvalue weighted by Crippen LogP contribution is 2.35. The fourth-order valence-electron chi connectivity index (χ4n) is 3.60. The third kappa shape index (κ3) is 4.15. The molecule has 5 nitrogen and oxygen atoms in total. The molecule has 0 spiro atoms. The lowest BCUT2D eigenvalue weighted by Crippen LogP contribution is -2.46. The van der Waals surface area contributed by atoms with Gasteiger partial charge in [-0.3, -0.25) is 0 Å². The average molecular weight is 290 g/mol. The molecule has 2 rings (SSSR count). The molecule has 0 amide bonds. The van der Waals surface area contributed by atoms with Crippen molar-refractivity contribution in [2.24, 2.45) is 11.7 Å². The van der Waals surface area contributed by atoms with Crippen molar-refractivity contribution >= 4 is 10.0 Å². The minimum atomic E-state index is -3.10. The van der Waals surface area contributed by atoms with Crippen LogP contribution in [0.15, 0.2) is 0 Å². The van der Waals surface area contributed by atoms with Crippen molar-refractivity contribution in [1.82, 2.24) is 4.31 Å². The summed E-state index contributed by atoms with van der Waals surface area (Å²) in [5.41, 5.74) is 5.27. The summed E-state index contributed by atoms with van der Waals surface area (Å²) in [6.07, 6.45) is 7.26. The molecule has 6 heteroatoms. The zero-order valence-electron chi connectivity index (χ0n) is 11.7. The van der Waals surface area contributed by atoms with Gasteiger partial charge < -0.3 is 10.8 Å². The predicted molar refractivity (Wildman–Crippen MR) is 75.2 cm³/mol. The van der Waals surface area contributed by atoms with Crippen LogP contribution in [0.25, 0.3) is 0 Å². The van der Waals surface area contributed by atoms with Crippen LogP contribution in [0.2, 0.25) is 0 Å². The molecule has 3 N–H and O–H groups in total. The SMILES string of the molecule is CS(=O)(=O)N1CCCC(CC2(O)CCCC(N)C2)C1. The Hall–Kier alpha value is -0.170. The zero-order valence-corrected chi connectivity index (χ0v) is 12.5. The summed E-state index contributed by atoms with van der Waals surface area (Å²) in [5.74, 6) is 0.263. The molecule has 0 aromatic carbocycles. The number of hydrogen-bond donors (Lipinski definition) is 2. The van der Waals surface area contributed by atoms with Crippen LogP contribution in [0.3, 0.4) is 0 Å². The molecule has 112 valence electrons. The number of piperidine rings is 1. The topological polar surface area (TPSA) is 83.6 Å². The van der Waals surface area contributed by atoms with Gasteiger partial charge in [0.05, 0.1) is 11.9 Å². The van der Waals surface area contributed by atoms with Crippen LogP contribution < -0.4 is 5.73 Å². The van der Waals surface area contributed by atoms with Crippen LogP contribution in [0, 0.1) is 5.92 Å². The van der Waals surface area contributed by atoms with Crippen molar-refractivity contribution in [3.05, 3.63) is 0 Å². The molecule has 19 heavy (non-hydrogen) atoms. The van der Waals surface area contributed by atoms with Crippen LogP contribution in [-0.2, 0) is 10.0 Å². The standard InChI is InChI=1S/C13H26N2O3S/c1-19(17,18)15-7-3-4-11(10-15)8-13(16)6-2-5-12(14)9-13/h11-12,16H,2-10,14H2,1H3. The lowest BCUT2D eigenvalue weighted by molar-refractivity contribution is -0.0285. The maximum Gasteiger partial charge on any atom is 0.211 e. The van der Waals surface area contributed by atoms with Gasteiger partial charge in [0, 0.05) is 19.1 Å². The Balaban J connectivity index is 1.95. The van der Waals surface area contributed by atoms with E-state index in [1.54, 1.807) is 4.31 Å². The third-order valence-electron chi connectivity index (χ3n) is 4.48. The van der Waals surface area contributed by atoms with Gasteiger partial charge in [-0.15, -0.1) is 0 Å². The molecular weight excluding hydrogens is 264 g/mol. The average Bonchev–Trinajstić information content (AvgIpc) is 2.27. The molecule has 0 aromatic heterocycles. The summed E-state index contributed by atoms with van der Waals surface area (Å²) in [4.78, 5) is 0. The summed E-state index contributed by atoms with van der Waals surface area (Å²) < 4.78 is 24.7. The molecule has 2 aliphatic rings. The van der Waals surface area contributed by atoms with Gasteiger partial charge >= 0.3 is 0 Å². The van der Waals surface area contributed by atoms with Gasteiger partial charge in [-0.2, -0.15) is 0 Å². The normalized spacial score (nSPS) is 38.3. The molecule has 1 saturated carbocycles. The number of hydrogen-bond acceptors (Lipinski definition) is 4. The molecule has 2 fully saturated rings. The Kier molecular flexibility index (Phi) is 4.55. The van der Waals surface area contributed by atoms with Crippen LogP contribution >= 0.6 is 0 Å². The van der Waals surface area contributed by atoms with E-state index in [0.29, 0.717) is 25.9 Å². The summed E-state index contributed by atoms with van der Waals surface area (Å²) in [6, 6.07) is 0.0911. The summed E-state index contributed by atoms with van der Waals surface area (Å²) in [6.45, 7) is 1.17. The molecule has 0 aromatic rings. The summed E-state index contributed by atoms with van der Waals surface area (Å²) >= 11 is 0. The number of rotatable bonds is 3. The van der Waals surface area contributed by atoms with Crippen molar-refractivity contribution in [3.8, 4) is 0 Å². The van der Waals surface area contributed by atoms with E-state index in [-0.39, 0.29) is 12.0 Å². The van der Waals surface area contributed by atoms with E-state index in [1.165, 1.54) is 6.26 Å². The van der Waals surface area contributed by atoms with Gasteiger partial charge in [-0.25, -0.2) is 12.7 Å². The van der Waals surface area contributed by atoms with Crippen LogP contribution in [0.4, 0.5) is 0 Å². The van der Waals surface area contributed by atoms with Crippen LogP contribution in [0.1, 0.15) is 44.9 Å². The largest absolute Gasteiger partial charge is 0.390 e. The Morgan fingerprint density at radius 2 is 2.11 bits per heavy atom. The van der Waals surface area contributed by atoms with Gasteiger partial charge in [0.1, 0.15) is 0 Å². The van der Waals surface area contributed by atoms with E-state index in [1.807, 2.05) is 0 Å². The van der Waals surface area contributed by atoms with E-state index >= 15 is 0 Å². The van der Waals surface area contributed by atoms with E-state index in [9.17, 15) is 13.5 Å². The number of sulfonamides is 1. The number of nitrogens with zero attached hydrogens (tertiary/aromatic N) is 1. The first-order valence-corrected chi connectivity index (χ1v) is 9.06. The van der Waals surface area contributed by atoms with E-state index < -0.39 is 15.6 Å². The third-order valence-corrected chi connectivity index (χ3v) is 5.75. The van der Waals surface area contributed by atoms with Crippen LogP contribution in [0.5, 0.6) is 0 Å². The van der Waals surface area contributed by atoms with E-state index in [4.69, 9.17) is 5.73 Å². The minimum absolute atomic E-state index is 0.0911. The van der Waals surface area contributed by atoms with E-state index in [0.717, 1.165) is 32.1 Å². The maximum absolute atomic E-state index is 11.6. The molecule has 0 bridgehead atoms. The van der Waals surface area contributed by atoms with E-state index in [2.05, 4.69) is 0 Å². The molecule has 1 aliphatic heterocycles. The summed E-state index contributed by atoms with van der Waals surface area (Å²) in [7, 11) is -3.10. The van der Waals surface area contributed by atoms with Gasteiger partial charge in [-0.1, -0.05) is 0 Å². The second kappa shape index (κ2) is 5.68. The number of nitrogens with two attached hydrogens (primary N) is 1. The zero-order chi connectivity index (χ0) is 14.1. The first-order chi connectivity index (χ1) is 8.78. The first kappa shape index (κ1) is 15.2. The molecule has 3 unspecified atom stereocenters. The molecule has 1 heterocycles. The van der Waals surface area contributed by atoms with Crippen molar-refractivity contribution in [2.45, 2.75) is 56.6 Å². The van der Waals surface area contributed by atoms with Crippen LogP contribution in [-0.4, -0.2) is 48.8 Å². The lowest BCUT2D eigenvalue weighted by atomic mass is 9.75. The minimum Gasteiger partial charge on any atom is -0.390 e. The predicted octanol–water partition coefficient (Wildman–Crippen LogP) is 0.680. The Morgan fingerprint density at radius 1 is 1.37 bits per heavy atom. The summed E-state index contributed by atoms with van der Waals surface area (Å²) in [5, 5.41) is 10.6. The fourth-order valence-corrected chi connectivity index (χ4v) is 4.55. The first-order valence-electron chi connectivity index (χ1n) is 7.22. The fraction of sp³-hybridized carbons (Fsp3) is 1.00. The highest BCUT2D eigenvalue weighted by Gasteiger charge is 2.37. The quantitative estimate of drug-likeness (QED) is 0.800. The Morgan fingerprint density at radius 3 is 2.74 bits per heavy atom. The smallest absolute Gasteiger partial charge is 0.211 e. The molecule has 1 saturated heterocycles. The van der Waals surface area contributed by atoms with Crippen molar-refractivity contribution in [3.63, 3.8) is 0 Å². The molecule has 0 radical (unpaired) electrons. The molecule has 3 atom stereocenters. The van der Waals surface area contributed by atoms with Gasteiger partial charge in [0.2, 0.25) is 10.0 Å². The van der Waals surface area contributed by atoms with Gasteiger partial charge in [-0.05, 0) is 50.9 Å². The second-order valence-corrected chi connectivity index (χ2v) is 8.40. The highest BCUT2D eigenvalue weighted by molar-refractivity contribution is 7.88. The maximum atomic E-state index is 11.6. The Bertz CT molecular complexity index is 412. The lowest BCUT2D eigenvalue weighted by Gasteiger charge is -2.40. The van der Waals surface area contributed by atoms with Crippen molar-refractivity contribution in [2.75, 3.05) is 19.3 Å². The molecule has 1 aliphatic carbocycles. The van der Waals surface area contributed by atoms with Gasteiger partial charge in [0.15, 0.2) is 0 Å². The van der Waals surface area contributed by atoms with Crippen molar-refractivity contribution < 1.29 is 13.5 Å². The second-order valence-electron chi connectivity index (χ2n) is 6.41. The Labute approximate surface area is 116 Å². The molecular formula is C13H26N2O3S. The monoisotopic (exact) mass is 290 g/mol. The highest BCUT2D eigenvalue weighted by atomic mass is 32.2.